The summed E-state index contributed by atoms with van der Waals surface area (Å²) in [6.45, 7) is 7.54. The van der Waals surface area contributed by atoms with Crippen molar-refractivity contribution in [1.82, 2.24) is 0 Å². The number of hydrogen-bond acceptors (Lipinski definition) is 3. The minimum atomic E-state index is -0.598. The Morgan fingerprint density at radius 3 is 2.38 bits per heavy atom. The molecule has 4 aliphatic carbocycles. The van der Waals surface area contributed by atoms with E-state index in [0.717, 1.165) is 37.0 Å². The zero-order valence-corrected chi connectivity index (χ0v) is 17.3. The van der Waals surface area contributed by atoms with Crippen LogP contribution in [-0.4, -0.2) is 35.6 Å². The molecule has 0 heterocycles. The Labute approximate surface area is 159 Å². The first-order valence-corrected chi connectivity index (χ1v) is 11.1. The molecule has 3 heteroatoms. The lowest BCUT2D eigenvalue weighted by Gasteiger charge is -2.62. The van der Waals surface area contributed by atoms with Gasteiger partial charge in [0.1, 0.15) is 0 Å². The van der Waals surface area contributed by atoms with Crippen molar-refractivity contribution in [3.63, 3.8) is 0 Å². The largest absolute Gasteiger partial charge is 0.393 e. The molecule has 0 aromatic heterocycles. The van der Waals surface area contributed by atoms with Gasteiger partial charge in [-0.1, -0.05) is 13.8 Å². The van der Waals surface area contributed by atoms with Gasteiger partial charge in [-0.15, -0.1) is 0 Å². The van der Waals surface area contributed by atoms with E-state index in [0.29, 0.717) is 29.3 Å². The molecule has 150 valence electrons. The van der Waals surface area contributed by atoms with E-state index in [-0.39, 0.29) is 6.10 Å². The maximum Gasteiger partial charge on any atom is 0.0883 e. The third-order valence-corrected chi connectivity index (χ3v) is 9.89. The van der Waals surface area contributed by atoms with E-state index in [4.69, 9.17) is 4.74 Å². The summed E-state index contributed by atoms with van der Waals surface area (Å²) in [4.78, 5) is 0. The molecule has 0 spiro atoms. The molecule has 2 N–H and O–H groups in total. The zero-order valence-electron chi connectivity index (χ0n) is 17.3. The summed E-state index contributed by atoms with van der Waals surface area (Å²) in [7, 11) is 1.71. The lowest BCUT2D eigenvalue weighted by Crippen LogP contribution is -2.57. The second-order valence-corrected chi connectivity index (χ2v) is 11.0. The highest BCUT2D eigenvalue weighted by molar-refractivity contribution is 5.11. The van der Waals surface area contributed by atoms with Crippen molar-refractivity contribution in [3.05, 3.63) is 0 Å². The van der Waals surface area contributed by atoms with Crippen molar-refractivity contribution in [2.75, 3.05) is 13.7 Å². The molecule has 0 aromatic rings. The normalized spacial score (nSPS) is 54.9. The highest BCUT2D eigenvalue weighted by atomic mass is 16.5. The van der Waals surface area contributed by atoms with Gasteiger partial charge in [-0.25, -0.2) is 0 Å². The van der Waals surface area contributed by atoms with Gasteiger partial charge in [0.15, 0.2) is 0 Å². The standard InChI is InChI=1S/C23H40O3/c1-15(24)18-7-8-19-17-6-5-16-13-23(25,14-26-4)12-11-21(16,2)20(17)9-10-22(18,19)3/h15-20,24-25H,5-14H2,1-4H3/t15-,16+,17+,18-,19+,20+,21+,22-,23-/m1/s1. The Bertz CT molecular complexity index is 534. The molecule has 0 unspecified atom stereocenters. The van der Waals surface area contributed by atoms with Crippen LogP contribution in [0, 0.1) is 40.4 Å². The van der Waals surface area contributed by atoms with Crippen molar-refractivity contribution in [2.24, 2.45) is 40.4 Å². The molecule has 0 aromatic carbocycles. The van der Waals surface area contributed by atoms with Crippen LogP contribution in [0.3, 0.4) is 0 Å². The predicted octanol–water partition coefficient (Wildman–Crippen LogP) is 4.40. The average Bonchev–Trinajstić information content (AvgIpc) is 2.93. The second kappa shape index (κ2) is 6.46. The predicted molar refractivity (Wildman–Crippen MR) is 104 cm³/mol. The maximum atomic E-state index is 11.0. The molecule has 3 nitrogen and oxygen atoms in total. The molecule has 0 bridgehead atoms. The van der Waals surface area contributed by atoms with Crippen molar-refractivity contribution < 1.29 is 14.9 Å². The van der Waals surface area contributed by atoms with Gasteiger partial charge in [0.05, 0.1) is 18.3 Å². The second-order valence-electron chi connectivity index (χ2n) is 11.0. The van der Waals surface area contributed by atoms with Gasteiger partial charge in [0.2, 0.25) is 0 Å². The fourth-order valence-electron chi connectivity index (χ4n) is 8.56. The van der Waals surface area contributed by atoms with Gasteiger partial charge in [0, 0.05) is 7.11 Å². The van der Waals surface area contributed by atoms with E-state index in [9.17, 15) is 10.2 Å². The van der Waals surface area contributed by atoms with Gasteiger partial charge in [-0.3, -0.25) is 0 Å². The number of rotatable bonds is 3. The smallest absolute Gasteiger partial charge is 0.0883 e. The highest BCUT2D eigenvalue weighted by Gasteiger charge is 2.61. The van der Waals surface area contributed by atoms with Crippen LogP contribution in [0.2, 0.25) is 0 Å². The Kier molecular flexibility index (Phi) is 4.77. The van der Waals surface area contributed by atoms with E-state index in [1.54, 1.807) is 7.11 Å². The topological polar surface area (TPSA) is 49.7 Å². The van der Waals surface area contributed by atoms with E-state index >= 15 is 0 Å². The fraction of sp³-hybridized carbons (Fsp3) is 1.00. The number of aliphatic hydroxyl groups excluding tert-OH is 1. The Morgan fingerprint density at radius 1 is 0.962 bits per heavy atom. The number of fused-ring (bicyclic) bond motifs is 5. The first kappa shape index (κ1) is 19.2. The average molecular weight is 365 g/mol. The third kappa shape index (κ3) is 2.71. The lowest BCUT2D eigenvalue weighted by atomic mass is 9.44. The Morgan fingerprint density at radius 2 is 1.69 bits per heavy atom. The summed E-state index contributed by atoms with van der Waals surface area (Å²) in [5.41, 5.74) is 0.150. The summed E-state index contributed by atoms with van der Waals surface area (Å²) >= 11 is 0. The summed E-state index contributed by atoms with van der Waals surface area (Å²) < 4.78 is 5.33. The van der Waals surface area contributed by atoms with E-state index in [2.05, 4.69) is 13.8 Å². The van der Waals surface area contributed by atoms with Gasteiger partial charge < -0.3 is 14.9 Å². The molecule has 4 fully saturated rings. The summed E-state index contributed by atoms with van der Waals surface area (Å²) in [6.07, 6.45) is 10.6. The minimum absolute atomic E-state index is 0.160. The van der Waals surface area contributed by atoms with Crippen molar-refractivity contribution in [2.45, 2.75) is 90.3 Å². The van der Waals surface area contributed by atoms with E-state index in [1.807, 2.05) is 6.92 Å². The minimum Gasteiger partial charge on any atom is -0.393 e. The SMILES string of the molecule is COC[C@@]1(O)CC[C@@]2(C)[C@@H](CC[C@@H]3[C@@H]2CC[C@]2(C)[C@@H]([C@@H](C)O)CC[C@@H]32)C1. The highest BCUT2D eigenvalue weighted by Crippen LogP contribution is 2.68. The van der Waals surface area contributed by atoms with Crippen LogP contribution in [0.25, 0.3) is 0 Å². The molecule has 4 aliphatic rings. The van der Waals surface area contributed by atoms with Crippen LogP contribution >= 0.6 is 0 Å². The molecule has 0 amide bonds. The number of methoxy groups -OCH3 is 1. The molecule has 0 aliphatic heterocycles. The monoisotopic (exact) mass is 364 g/mol. The van der Waals surface area contributed by atoms with Crippen LogP contribution in [-0.2, 0) is 4.74 Å². The first-order valence-electron chi connectivity index (χ1n) is 11.1. The van der Waals surface area contributed by atoms with Gasteiger partial charge in [-0.05, 0) is 105 Å². The van der Waals surface area contributed by atoms with Crippen molar-refractivity contribution in [3.8, 4) is 0 Å². The molecular formula is C23H40O3. The molecule has 4 saturated carbocycles. The Hall–Kier alpha value is -0.120. The number of ether oxygens (including phenoxy) is 1. The van der Waals surface area contributed by atoms with E-state index in [1.165, 1.54) is 38.5 Å². The molecule has 9 atom stereocenters. The molecular weight excluding hydrogens is 324 g/mol. The first-order chi connectivity index (χ1) is 12.2. The van der Waals surface area contributed by atoms with E-state index < -0.39 is 5.60 Å². The van der Waals surface area contributed by atoms with Crippen LogP contribution in [0.5, 0.6) is 0 Å². The fourth-order valence-corrected chi connectivity index (χ4v) is 8.56. The summed E-state index contributed by atoms with van der Waals surface area (Å²) in [5, 5.41) is 21.3. The van der Waals surface area contributed by atoms with Crippen molar-refractivity contribution >= 4 is 0 Å². The third-order valence-electron chi connectivity index (χ3n) is 9.89. The van der Waals surface area contributed by atoms with Crippen LogP contribution in [0.4, 0.5) is 0 Å². The molecule has 4 rings (SSSR count). The molecule has 0 radical (unpaired) electrons. The molecule has 0 saturated heterocycles. The molecule has 26 heavy (non-hydrogen) atoms. The van der Waals surface area contributed by atoms with Gasteiger partial charge in [0.25, 0.3) is 0 Å². The summed E-state index contributed by atoms with van der Waals surface area (Å²) in [6, 6.07) is 0. The van der Waals surface area contributed by atoms with Gasteiger partial charge >= 0.3 is 0 Å². The van der Waals surface area contributed by atoms with Crippen molar-refractivity contribution in [1.29, 1.82) is 0 Å². The quantitative estimate of drug-likeness (QED) is 0.780. The summed E-state index contributed by atoms with van der Waals surface area (Å²) in [5.74, 6) is 3.61. The number of aliphatic hydroxyl groups is 2. The lowest BCUT2D eigenvalue weighted by molar-refractivity contribution is -0.164. The van der Waals surface area contributed by atoms with Crippen LogP contribution in [0.15, 0.2) is 0 Å². The maximum absolute atomic E-state index is 11.0. The number of hydrogen-bond donors (Lipinski definition) is 2. The van der Waals surface area contributed by atoms with Crippen LogP contribution in [0.1, 0.15) is 78.6 Å². The van der Waals surface area contributed by atoms with Gasteiger partial charge in [-0.2, -0.15) is 0 Å². The zero-order chi connectivity index (χ0) is 18.7. The van der Waals surface area contributed by atoms with Crippen LogP contribution < -0.4 is 0 Å². The Balaban J connectivity index is 1.56.